The van der Waals surface area contributed by atoms with Crippen molar-refractivity contribution in [3.8, 4) is 5.75 Å². The highest BCUT2D eigenvalue weighted by atomic mass is 35.5. The van der Waals surface area contributed by atoms with Crippen LogP contribution >= 0.6 is 11.6 Å². The third-order valence-corrected chi connectivity index (χ3v) is 6.13. The number of ether oxygens (including phenoxy) is 1. The van der Waals surface area contributed by atoms with Gasteiger partial charge in [0.25, 0.3) is 0 Å². The fourth-order valence-corrected chi connectivity index (χ4v) is 4.28. The quantitative estimate of drug-likeness (QED) is 0.509. The zero-order valence-corrected chi connectivity index (χ0v) is 18.0. The summed E-state index contributed by atoms with van der Waals surface area (Å²) in [4.78, 5) is 13.7. The first-order valence-electron chi connectivity index (χ1n) is 10.6. The summed E-state index contributed by atoms with van der Waals surface area (Å²) in [5, 5.41) is 10.0. The van der Waals surface area contributed by atoms with Gasteiger partial charge in [0.15, 0.2) is 0 Å². The maximum absolute atomic E-state index is 11.4. The Bertz CT molecular complexity index is 981. The molecule has 1 fully saturated rings. The second kappa shape index (κ2) is 9.99. The van der Waals surface area contributed by atoms with Gasteiger partial charge >= 0.3 is 5.97 Å². The molecule has 0 amide bonds. The van der Waals surface area contributed by atoms with E-state index in [1.54, 1.807) is 0 Å². The molecule has 3 aromatic rings. The van der Waals surface area contributed by atoms with Crippen molar-refractivity contribution in [1.82, 2.24) is 4.90 Å². The lowest BCUT2D eigenvalue weighted by atomic mass is 9.91. The Kier molecular flexibility index (Phi) is 6.90. The Balaban J connectivity index is 1.52. The van der Waals surface area contributed by atoms with Crippen molar-refractivity contribution in [3.63, 3.8) is 0 Å². The smallest absolute Gasteiger partial charge is 0.306 e. The molecule has 0 aromatic heterocycles. The van der Waals surface area contributed by atoms with Crippen LogP contribution in [-0.4, -0.2) is 29.1 Å². The van der Waals surface area contributed by atoms with Crippen LogP contribution < -0.4 is 4.74 Å². The van der Waals surface area contributed by atoms with E-state index in [1.165, 1.54) is 0 Å². The van der Waals surface area contributed by atoms with E-state index < -0.39 is 5.97 Å². The summed E-state index contributed by atoms with van der Waals surface area (Å²) in [7, 11) is 0. The van der Waals surface area contributed by atoms with Crippen molar-refractivity contribution in [2.24, 2.45) is 5.92 Å². The minimum atomic E-state index is -0.692. The molecule has 0 aliphatic carbocycles. The van der Waals surface area contributed by atoms with Crippen LogP contribution in [-0.2, 0) is 11.4 Å². The average molecular weight is 436 g/mol. The van der Waals surface area contributed by atoms with Gasteiger partial charge in [-0.15, -0.1) is 0 Å². The van der Waals surface area contributed by atoms with E-state index in [9.17, 15) is 9.90 Å². The number of rotatable bonds is 7. The van der Waals surface area contributed by atoms with E-state index in [-0.39, 0.29) is 12.0 Å². The molecule has 4 rings (SSSR count). The van der Waals surface area contributed by atoms with Crippen LogP contribution in [0.1, 0.15) is 35.6 Å². The number of benzene rings is 3. The topological polar surface area (TPSA) is 49.8 Å². The number of halogens is 1. The van der Waals surface area contributed by atoms with Crippen LogP contribution in [0.25, 0.3) is 0 Å². The zero-order chi connectivity index (χ0) is 21.6. The minimum Gasteiger partial charge on any atom is -0.489 e. The molecule has 1 aliphatic rings. The van der Waals surface area contributed by atoms with Crippen molar-refractivity contribution in [2.45, 2.75) is 25.5 Å². The summed E-state index contributed by atoms with van der Waals surface area (Å²) in [6, 6.07) is 26.3. The number of piperidine rings is 1. The van der Waals surface area contributed by atoms with E-state index >= 15 is 0 Å². The van der Waals surface area contributed by atoms with Gasteiger partial charge in [0, 0.05) is 5.02 Å². The van der Waals surface area contributed by atoms with Crippen LogP contribution in [0.3, 0.4) is 0 Å². The van der Waals surface area contributed by atoms with Gasteiger partial charge in [-0.05, 0) is 66.9 Å². The molecular weight excluding hydrogens is 410 g/mol. The number of carbonyl (C=O) groups is 1. The monoisotopic (exact) mass is 435 g/mol. The van der Waals surface area contributed by atoms with E-state index in [2.05, 4.69) is 29.2 Å². The van der Waals surface area contributed by atoms with Crippen molar-refractivity contribution in [1.29, 1.82) is 0 Å². The molecule has 0 spiro atoms. The number of carboxylic acids is 1. The first-order chi connectivity index (χ1) is 15.1. The van der Waals surface area contributed by atoms with Gasteiger partial charge in [0.1, 0.15) is 12.4 Å². The number of aliphatic carboxylic acids is 1. The zero-order valence-electron chi connectivity index (χ0n) is 17.3. The Hall–Kier alpha value is -2.82. The predicted molar refractivity (Wildman–Crippen MR) is 122 cm³/mol. The molecule has 31 heavy (non-hydrogen) atoms. The maximum Gasteiger partial charge on any atom is 0.306 e. The Morgan fingerprint density at radius 2 is 1.52 bits per heavy atom. The average Bonchev–Trinajstić information content (AvgIpc) is 2.81. The number of likely N-dealkylation sites (tertiary alicyclic amines) is 1. The lowest BCUT2D eigenvalue weighted by Gasteiger charge is -2.37. The number of carboxylic acid groups (broad SMARTS) is 1. The van der Waals surface area contributed by atoms with Gasteiger partial charge in [-0.25, -0.2) is 0 Å². The third-order valence-electron chi connectivity index (χ3n) is 5.87. The van der Waals surface area contributed by atoms with Gasteiger partial charge in [-0.2, -0.15) is 0 Å². The minimum absolute atomic E-state index is 0.0511. The molecule has 1 atom stereocenters. The van der Waals surface area contributed by atoms with Crippen LogP contribution in [0.2, 0.25) is 5.02 Å². The van der Waals surface area contributed by atoms with Crippen molar-refractivity contribution < 1.29 is 14.6 Å². The Labute approximate surface area is 188 Å². The number of hydrogen-bond donors (Lipinski definition) is 1. The summed E-state index contributed by atoms with van der Waals surface area (Å²) in [5.74, 6) is -0.120. The predicted octanol–water partition coefficient (Wildman–Crippen LogP) is 5.81. The highest BCUT2D eigenvalue weighted by molar-refractivity contribution is 6.30. The van der Waals surface area contributed by atoms with Crippen LogP contribution in [0.15, 0.2) is 78.9 Å². The normalized spacial score (nSPS) is 16.0. The fourth-order valence-electron chi connectivity index (χ4n) is 4.15. The van der Waals surface area contributed by atoms with Crippen molar-refractivity contribution in [3.05, 3.63) is 101 Å². The van der Waals surface area contributed by atoms with Gasteiger partial charge in [0.05, 0.1) is 12.0 Å². The van der Waals surface area contributed by atoms with Gasteiger partial charge < -0.3 is 9.84 Å². The Morgan fingerprint density at radius 1 is 0.935 bits per heavy atom. The molecule has 1 aliphatic heterocycles. The number of hydrogen-bond acceptors (Lipinski definition) is 3. The fraction of sp³-hybridized carbons (Fsp3) is 0.269. The number of nitrogens with zero attached hydrogens (tertiary/aromatic N) is 1. The summed E-state index contributed by atoms with van der Waals surface area (Å²) in [5.41, 5.74) is 3.44. The highest BCUT2D eigenvalue weighted by Crippen LogP contribution is 2.34. The maximum atomic E-state index is 11.4. The summed E-state index contributed by atoms with van der Waals surface area (Å²) < 4.78 is 5.94. The molecule has 0 bridgehead atoms. The molecule has 3 aromatic carbocycles. The lowest BCUT2D eigenvalue weighted by Crippen LogP contribution is -2.39. The second-order valence-electron chi connectivity index (χ2n) is 7.95. The molecule has 1 N–H and O–H groups in total. The summed E-state index contributed by atoms with van der Waals surface area (Å²) in [6.07, 6.45) is 1.33. The van der Waals surface area contributed by atoms with Gasteiger partial charge in [0.2, 0.25) is 0 Å². The molecule has 160 valence electrons. The SMILES string of the molecule is O=C(O)C1CCN(C(c2ccc(Cl)cc2)c2ccc(OCc3ccccc3)cc2)CC1. The van der Waals surface area contributed by atoms with Gasteiger partial charge in [-0.1, -0.05) is 66.2 Å². The lowest BCUT2D eigenvalue weighted by molar-refractivity contribution is -0.143. The molecule has 1 heterocycles. The summed E-state index contributed by atoms with van der Waals surface area (Å²) in [6.45, 7) is 2.02. The molecule has 1 saturated heterocycles. The molecule has 4 nitrogen and oxygen atoms in total. The van der Waals surface area contributed by atoms with Gasteiger partial charge in [-0.3, -0.25) is 9.69 Å². The van der Waals surface area contributed by atoms with Crippen LogP contribution in [0, 0.1) is 5.92 Å². The van der Waals surface area contributed by atoms with E-state index in [4.69, 9.17) is 16.3 Å². The van der Waals surface area contributed by atoms with E-state index in [0.717, 1.165) is 35.5 Å². The van der Waals surface area contributed by atoms with Crippen LogP contribution in [0.4, 0.5) is 0 Å². The van der Waals surface area contributed by atoms with E-state index in [1.807, 2.05) is 54.6 Å². The van der Waals surface area contributed by atoms with Crippen molar-refractivity contribution in [2.75, 3.05) is 13.1 Å². The molecule has 1 unspecified atom stereocenters. The van der Waals surface area contributed by atoms with Crippen LogP contribution in [0.5, 0.6) is 5.75 Å². The molecule has 0 radical (unpaired) electrons. The second-order valence-corrected chi connectivity index (χ2v) is 8.38. The standard InChI is InChI=1S/C26H26ClNO3/c27-23-10-6-20(7-11-23)25(28-16-14-22(15-17-28)26(29)30)21-8-12-24(13-9-21)31-18-19-4-2-1-3-5-19/h1-13,22,25H,14-18H2,(H,29,30). The summed E-state index contributed by atoms with van der Waals surface area (Å²) >= 11 is 6.11. The first-order valence-corrected chi connectivity index (χ1v) is 11.0. The van der Waals surface area contributed by atoms with Crippen molar-refractivity contribution >= 4 is 17.6 Å². The molecule has 5 heteroatoms. The molecule has 0 saturated carbocycles. The Morgan fingerprint density at radius 3 is 2.10 bits per heavy atom. The molecular formula is C26H26ClNO3. The largest absolute Gasteiger partial charge is 0.489 e. The first kappa shape index (κ1) is 21.4. The highest BCUT2D eigenvalue weighted by Gasteiger charge is 2.30. The third kappa shape index (κ3) is 5.46. The van der Waals surface area contributed by atoms with E-state index in [0.29, 0.717) is 24.5 Å².